The molecule has 0 saturated heterocycles. The second kappa shape index (κ2) is 8.04. The smallest absolute Gasteiger partial charge is 0.0863 e. The molecule has 1 heteroatoms. The molecule has 1 unspecified atom stereocenters. The summed E-state index contributed by atoms with van der Waals surface area (Å²) < 4.78 is 0. The van der Waals surface area contributed by atoms with Gasteiger partial charge in [0.1, 0.15) is 0 Å². The molecule has 6 aromatic carbocycles. The summed E-state index contributed by atoms with van der Waals surface area (Å²) in [6.07, 6.45) is 2.17. The number of fused-ring (bicyclic) bond motifs is 10. The van der Waals surface area contributed by atoms with Gasteiger partial charge in [-0.05, 0) is 84.5 Å². The molecular formula is C40H27N. The molecule has 2 N–H and O–H groups in total. The van der Waals surface area contributed by atoms with Crippen molar-refractivity contribution in [2.24, 2.45) is 5.73 Å². The molecule has 0 fully saturated rings. The Balaban J connectivity index is 1.19. The summed E-state index contributed by atoms with van der Waals surface area (Å²) in [6, 6.07) is 53.2. The number of hydrogen-bond donors (Lipinski definition) is 1. The lowest BCUT2D eigenvalue weighted by Gasteiger charge is -2.30. The molecule has 1 atom stereocenters. The first-order chi connectivity index (χ1) is 20.2. The third kappa shape index (κ3) is 2.94. The third-order valence-electron chi connectivity index (χ3n) is 9.51. The van der Waals surface area contributed by atoms with E-state index in [4.69, 9.17) is 5.73 Å². The predicted molar refractivity (Wildman–Crippen MR) is 168 cm³/mol. The molecule has 0 radical (unpaired) electrons. The highest BCUT2D eigenvalue weighted by Gasteiger charge is 2.51. The van der Waals surface area contributed by atoms with E-state index in [1.807, 2.05) is 6.07 Å². The average molecular weight is 522 g/mol. The van der Waals surface area contributed by atoms with Gasteiger partial charge in [0.15, 0.2) is 0 Å². The van der Waals surface area contributed by atoms with Crippen LogP contribution in [0, 0.1) is 0 Å². The van der Waals surface area contributed by atoms with Crippen molar-refractivity contribution in [1.82, 2.24) is 0 Å². The standard InChI is InChI=1S/C40H27N/c41-39(25-38(39)27-10-2-1-3-11-27)29-21-18-26(19-22-29)28-20-23-33-32-14-6-9-17-36(32)40(37(33)24-28)34-15-7-4-12-30(34)31-13-5-8-16-35(31)40/h1-25H,41H2. The zero-order valence-electron chi connectivity index (χ0n) is 22.5. The Morgan fingerprint density at radius 2 is 0.878 bits per heavy atom. The van der Waals surface area contributed by atoms with Crippen molar-refractivity contribution in [3.8, 4) is 33.4 Å². The minimum atomic E-state index is -0.485. The lowest BCUT2D eigenvalue weighted by Crippen LogP contribution is -2.25. The Labute approximate surface area is 240 Å². The highest BCUT2D eigenvalue weighted by molar-refractivity contribution is 5.96. The van der Waals surface area contributed by atoms with E-state index in [1.54, 1.807) is 0 Å². The van der Waals surface area contributed by atoms with Crippen LogP contribution in [-0.2, 0) is 11.0 Å². The summed E-state index contributed by atoms with van der Waals surface area (Å²) in [5, 5.41) is 0. The molecule has 1 nitrogen and oxygen atoms in total. The third-order valence-corrected chi connectivity index (χ3v) is 9.51. The molecule has 0 aliphatic heterocycles. The summed E-state index contributed by atoms with van der Waals surface area (Å²) >= 11 is 0. The van der Waals surface area contributed by atoms with Crippen LogP contribution in [-0.4, -0.2) is 0 Å². The maximum absolute atomic E-state index is 6.83. The van der Waals surface area contributed by atoms with Gasteiger partial charge in [0.2, 0.25) is 0 Å². The van der Waals surface area contributed by atoms with Crippen LogP contribution in [0.4, 0.5) is 0 Å². The van der Waals surface area contributed by atoms with E-state index in [1.165, 1.54) is 66.8 Å². The maximum Gasteiger partial charge on any atom is 0.0863 e. The molecule has 0 amide bonds. The van der Waals surface area contributed by atoms with Gasteiger partial charge < -0.3 is 5.73 Å². The Kier molecular flexibility index (Phi) is 4.47. The van der Waals surface area contributed by atoms with Crippen molar-refractivity contribution < 1.29 is 0 Å². The molecular weight excluding hydrogens is 494 g/mol. The topological polar surface area (TPSA) is 26.0 Å². The molecule has 3 aliphatic rings. The molecule has 192 valence electrons. The van der Waals surface area contributed by atoms with Crippen LogP contribution in [0.1, 0.15) is 33.4 Å². The van der Waals surface area contributed by atoms with Gasteiger partial charge in [0.05, 0.1) is 11.0 Å². The van der Waals surface area contributed by atoms with Crippen molar-refractivity contribution in [2.75, 3.05) is 0 Å². The van der Waals surface area contributed by atoms with Gasteiger partial charge >= 0.3 is 0 Å². The van der Waals surface area contributed by atoms with Gasteiger partial charge in [-0.25, -0.2) is 0 Å². The zero-order valence-corrected chi connectivity index (χ0v) is 22.5. The average Bonchev–Trinajstić information content (AvgIpc) is 3.54. The van der Waals surface area contributed by atoms with E-state index in [-0.39, 0.29) is 5.41 Å². The van der Waals surface area contributed by atoms with Crippen molar-refractivity contribution in [2.45, 2.75) is 11.0 Å². The van der Waals surface area contributed by atoms with E-state index < -0.39 is 5.54 Å². The summed E-state index contributed by atoms with van der Waals surface area (Å²) in [5.74, 6) is 0. The van der Waals surface area contributed by atoms with E-state index in [9.17, 15) is 0 Å². The number of benzene rings is 6. The molecule has 0 saturated carbocycles. The summed E-state index contributed by atoms with van der Waals surface area (Å²) in [4.78, 5) is 0. The van der Waals surface area contributed by atoms with Crippen molar-refractivity contribution >= 4 is 5.57 Å². The first-order valence-corrected chi connectivity index (χ1v) is 14.3. The minimum Gasteiger partial charge on any atom is -0.314 e. The molecule has 0 bridgehead atoms. The van der Waals surface area contributed by atoms with E-state index in [2.05, 4.69) is 146 Å². The lowest BCUT2D eigenvalue weighted by molar-refractivity contribution is 0.794. The summed E-state index contributed by atoms with van der Waals surface area (Å²) in [7, 11) is 0. The van der Waals surface area contributed by atoms with Gasteiger partial charge in [-0.15, -0.1) is 0 Å². The fourth-order valence-electron chi connectivity index (χ4n) is 7.58. The van der Waals surface area contributed by atoms with Gasteiger partial charge in [-0.1, -0.05) is 140 Å². The summed E-state index contributed by atoms with van der Waals surface area (Å²) in [5.41, 5.74) is 22.8. The van der Waals surface area contributed by atoms with Crippen LogP contribution in [0.15, 0.2) is 152 Å². The molecule has 6 aromatic rings. The van der Waals surface area contributed by atoms with Gasteiger partial charge in [-0.2, -0.15) is 0 Å². The molecule has 0 heterocycles. The second-order valence-electron chi connectivity index (χ2n) is 11.5. The maximum atomic E-state index is 6.83. The van der Waals surface area contributed by atoms with Crippen LogP contribution in [0.3, 0.4) is 0 Å². The minimum absolute atomic E-state index is 0.321. The van der Waals surface area contributed by atoms with Crippen molar-refractivity contribution in [3.05, 3.63) is 185 Å². The lowest BCUT2D eigenvalue weighted by atomic mass is 9.70. The number of nitrogens with two attached hydrogens (primary N) is 1. The zero-order chi connectivity index (χ0) is 27.2. The first kappa shape index (κ1) is 22.8. The summed E-state index contributed by atoms with van der Waals surface area (Å²) in [6.45, 7) is 0. The van der Waals surface area contributed by atoms with Crippen molar-refractivity contribution in [3.63, 3.8) is 0 Å². The van der Waals surface area contributed by atoms with Gasteiger partial charge in [-0.3, -0.25) is 0 Å². The Hall–Kier alpha value is -4.98. The van der Waals surface area contributed by atoms with Crippen LogP contribution in [0.5, 0.6) is 0 Å². The number of hydrogen-bond acceptors (Lipinski definition) is 1. The Bertz CT molecular complexity index is 1980. The number of rotatable bonds is 3. The SMILES string of the molecule is NC1(c2ccc(-c3ccc4c(c3)C3(c5ccccc5-c5ccccc53)c3ccccc3-4)cc2)C=C1c1ccccc1. The van der Waals surface area contributed by atoms with E-state index in [0.717, 1.165) is 5.56 Å². The van der Waals surface area contributed by atoms with Crippen LogP contribution in [0.2, 0.25) is 0 Å². The van der Waals surface area contributed by atoms with Gasteiger partial charge in [0.25, 0.3) is 0 Å². The molecule has 41 heavy (non-hydrogen) atoms. The molecule has 1 spiro atoms. The van der Waals surface area contributed by atoms with Crippen LogP contribution >= 0.6 is 0 Å². The predicted octanol–water partition coefficient (Wildman–Crippen LogP) is 8.95. The second-order valence-corrected chi connectivity index (χ2v) is 11.5. The highest BCUT2D eigenvalue weighted by atomic mass is 14.8. The van der Waals surface area contributed by atoms with Crippen LogP contribution < -0.4 is 5.73 Å². The van der Waals surface area contributed by atoms with Crippen LogP contribution in [0.25, 0.3) is 39.0 Å². The monoisotopic (exact) mass is 521 g/mol. The van der Waals surface area contributed by atoms with Gasteiger partial charge in [0, 0.05) is 0 Å². The fraction of sp³-hybridized carbons (Fsp3) is 0.0500. The molecule has 3 aliphatic carbocycles. The van der Waals surface area contributed by atoms with E-state index >= 15 is 0 Å². The first-order valence-electron chi connectivity index (χ1n) is 14.3. The Morgan fingerprint density at radius 1 is 0.390 bits per heavy atom. The highest BCUT2D eigenvalue weighted by Crippen LogP contribution is 2.63. The fourth-order valence-corrected chi connectivity index (χ4v) is 7.58. The molecule has 0 aromatic heterocycles. The van der Waals surface area contributed by atoms with Crippen molar-refractivity contribution in [1.29, 1.82) is 0 Å². The normalized spacial score (nSPS) is 18.3. The quantitative estimate of drug-likeness (QED) is 0.247. The van der Waals surface area contributed by atoms with E-state index in [0.29, 0.717) is 0 Å². The Morgan fingerprint density at radius 3 is 1.46 bits per heavy atom. The largest absolute Gasteiger partial charge is 0.314 e. The molecule has 9 rings (SSSR count).